The highest BCUT2D eigenvalue weighted by atomic mass is 16.6. The van der Waals surface area contributed by atoms with Gasteiger partial charge in [0.2, 0.25) is 0 Å². The highest BCUT2D eigenvalue weighted by molar-refractivity contribution is 5.91. The monoisotopic (exact) mass is 277 g/mol. The fourth-order valence-corrected chi connectivity index (χ4v) is 1.95. The third-order valence-corrected chi connectivity index (χ3v) is 2.95. The van der Waals surface area contributed by atoms with Gasteiger partial charge in [-0.05, 0) is 18.2 Å². The fraction of sp³-hybridized carbons (Fsp3) is 0.417. The van der Waals surface area contributed by atoms with Crippen molar-refractivity contribution in [3.63, 3.8) is 0 Å². The van der Waals surface area contributed by atoms with E-state index >= 15 is 0 Å². The zero-order valence-corrected chi connectivity index (χ0v) is 10.8. The van der Waals surface area contributed by atoms with Crippen LogP contribution in [0.5, 0.6) is 0 Å². The Hall–Kier alpha value is -2.19. The van der Waals surface area contributed by atoms with Crippen LogP contribution in [0.3, 0.4) is 0 Å². The first kappa shape index (κ1) is 12.8. The number of carbonyl (C=O) groups excluding carboxylic acids is 1. The Morgan fingerprint density at radius 3 is 3.10 bits per heavy atom. The van der Waals surface area contributed by atoms with Crippen LogP contribution in [0.2, 0.25) is 0 Å². The maximum absolute atomic E-state index is 11.8. The number of anilines is 1. The number of H-pyrrole nitrogens is 1. The first-order chi connectivity index (χ1) is 9.81. The molecule has 3 N–H and O–H groups in total. The van der Waals surface area contributed by atoms with E-state index in [1.807, 2.05) is 0 Å². The number of aromatic amines is 1. The summed E-state index contributed by atoms with van der Waals surface area (Å²) in [5.41, 5.74) is 2.11. The summed E-state index contributed by atoms with van der Waals surface area (Å²) in [5.74, 6) is 0. The number of urea groups is 1. The molecule has 1 aliphatic heterocycles. The number of benzene rings is 1. The van der Waals surface area contributed by atoms with Gasteiger partial charge in [0.15, 0.2) is 0 Å². The van der Waals surface area contributed by atoms with Crippen molar-refractivity contribution in [3.8, 4) is 0 Å². The maximum atomic E-state index is 11.8. The lowest BCUT2D eigenvalue weighted by molar-refractivity contribution is -0.0852. The summed E-state index contributed by atoms with van der Waals surface area (Å²) in [6, 6.07) is 5.01. The number of fused-ring (bicyclic) bond motifs is 1. The summed E-state index contributed by atoms with van der Waals surface area (Å²) in [6.45, 7) is 2.10. The highest BCUT2D eigenvalue weighted by Crippen LogP contribution is 2.14. The molecule has 2 amide bonds. The second-order valence-electron chi connectivity index (χ2n) is 4.43. The number of ether oxygens (including phenoxy) is 2. The first-order valence-electron chi connectivity index (χ1n) is 6.36. The molecule has 0 unspecified atom stereocenters. The van der Waals surface area contributed by atoms with Gasteiger partial charge in [-0.1, -0.05) is 0 Å². The maximum Gasteiger partial charge on any atom is 0.319 e. The second-order valence-corrected chi connectivity index (χ2v) is 4.43. The van der Waals surface area contributed by atoms with Gasteiger partial charge in [-0.15, -0.1) is 0 Å². The van der Waals surface area contributed by atoms with Crippen molar-refractivity contribution in [1.82, 2.24) is 20.7 Å². The fourth-order valence-electron chi connectivity index (χ4n) is 1.95. The van der Waals surface area contributed by atoms with E-state index in [0.29, 0.717) is 37.6 Å². The van der Waals surface area contributed by atoms with Crippen LogP contribution in [0, 0.1) is 0 Å². The van der Waals surface area contributed by atoms with Gasteiger partial charge in [0, 0.05) is 12.2 Å². The van der Waals surface area contributed by atoms with E-state index in [2.05, 4.69) is 26.0 Å². The number of rotatable bonds is 3. The lowest BCUT2D eigenvalue weighted by Gasteiger charge is -2.23. The van der Waals surface area contributed by atoms with Gasteiger partial charge >= 0.3 is 6.03 Å². The largest absolute Gasteiger partial charge is 0.376 e. The van der Waals surface area contributed by atoms with Crippen LogP contribution in [-0.4, -0.2) is 53.9 Å². The summed E-state index contributed by atoms with van der Waals surface area (Å²) >= 11 is 0. The molecule has 1 aromatic heterocycles. The lowest BCUT2D eigenvalue weighted by atomic mass is 10.3. The quantitative estimate of drug-likeness (QED) is 0.758. The topological polar surface area (TPSA) is 101 Å². The summed E-state index contributed by atoms with van der Waals surface area (Å²) in [4.78, 5) is 11.8. The van der Waals surface area contributed by atoms with Gasteiger partial charge in [0.05, 0.1) is 25.9 Å². The van der Waals surface area contributed by atoms with Gasteiger partial charge in [0.25, 0.3) is 0 Å². The van der Waals surface area contributed by atoms with Crippen LogP contribution in [0.15, 0.2) is 18.2 Å². The van der Waals surface area contributed by atoms with E-state index in [1.54, 1.807) is 18.2 Å². The van der Waals surface area contributed by atoms with Gasteiger partial charge < -0.3 is 20.1 Å². The Morgan fingerprint density at radius 1 is 1.35 bits per heavy atom. The summed E-state index contributed by atoms with van der Waals surface area (Å²) in [7, 11) is 0. The van der Waals surface area contributed by atoms with Crippen molar-refractivity contribution in [1.29, 1.82) is 0 Å². The van der Waals surface area contributed by atoms with Crippen LogP contribution < -0.4 is 10.6 Å². The minimum atomic E-state index is -0.290. The SMILES string of the molecule is O=C(NC[C@H]1COCCO1)Nc1ccc2n[nH]nc2c1. The van der Waals surface area contributed by atoms with Crippen molar-refractivity contribution in [2.24, 2.45) is 0 Å². The van der Waals surface area contributed by atoms with E-state index in [9.17, 15) is 4.79 Å². The third kappa shape index (κ3) is 3.03. The molecule has 0 saturated carbocycles. The third-order valence-electron chi connectivity index (χ3n) is 2.95. The van der Waals surface area contributed by atoms with Crippen LogP contribution >= 0.6 is 0 Å². The Labute approximate surface area is 114 Å². The zero-order valence-electron chi connectivity index (χ0n) is 10.8. The van der Waals surface area contributed by atoms with E-state index in [0.717, 1.165) is 5.52 Å². The standard InChI is InChI=1S/C12H15N5O3/c18-12(13-6-9-7-19-3-4-20-9)14-8-1-2-10-11(5-8)16-17-15-10/h1-2,5,9H,3-4,6-7H2,(H2,13,14,18)(H,15,16,17)/t9-/m0/s1. The highest BCUT2D eigenvalue weighted by Gasteiger charge is 2.15. The van der Waals surface area contributed by atoms with Crippen molar-refractivity contribution < 1.29 is 14.3 Å². The average molecular weight is 277 g/mol. The second kappa shape index (κ2) is 5.85. The van der Waals surface area contributed by atoms with Crippen LogP contribution in [0.1, 0.15) is 0 Å². The van der Waals surface area contributed by atoms with Crippen molar-refractivity contribution in [2.45, 2.75) is 6.10 Å². The van der Waals surface area contributed by atoms with Crippen molar-refractivity contribution in [3.05, 3.63) is 18.2 Å². The molecule has 0 spiro atoms. The minimum absolute atomic E-state index is 0.0903. The molecule has 2 heterocycles. The van der Waals surface area contributed by atoms with Crippen LogP contribution in [-0.2, 0) is 9.47 Å². The van der Waals surface area contributed by atoms with E-state index in [-0.39, 0.29) is 12.1 Å². The molecule has 8 nitrogen and oxygen atoms in total. The Bertz CT molecular complexity index is 594. The number of nitrogens with one attached hydrogen (secondary N) is 3. The molecular formula is C12H15N5O3. The first-order valence-corrected chi connectivity index (χ1v) is 6.36. The zero-order chi connectivity index (χ0) is 13.8. The van der Waals surface area contributed by atoms with E-state index in [1.165, 1.54) is 0 Å². The molecule has 8 heteroatoms. The summed E-state index contributed by atoms with van der Waals surface area (Å²) < 4.78 is 10.7. The predicted molar refractivity (Wildman–Crippen MR) is 71.5 cm³/mol. The number of nitrogens with zero attached hydrogens (tertiary/aromatic N) is 2. The van der Waals surface area contributed by atoms with Crippen molar-refractivity contribution >= 4 is 22.8 Å². The molecule has 20 heavy (non-hydrogen) atoms. The number of amides is 2. The van der Waals surface area contributed by atoms with E-state index in [4.69, 9.17) is 9.47 Å². The Balaban J connectivity index is 1.52. The molecule has 3 rings (SSSR count). The minimum Gasteiger partial charge on any atom is -0.376 e. The Kier molecular flexibility index (Phi) is 3.75. The molecule has 1 atom stereocenters. The summed E-state index contributed by atoms with van der Waals surface area (Å²) in [5, 5.41) is 15.9. The van der Waals surface area contributed by atoms with Gasteiger partial charge in [-0.3, -0.25) is 0 Å². The molecule has 1 aromatic carbocycles. The Morgan fingerprint density at radius 2 is 2.25 bits per heavy atom. The normalized spacial score (nSPS) is 18.9. The number of hydrogen-bond acceptors (Lipinski definition) is 5. The molecule has 0 radical (unpaired) electrons. The average Bonchev–Trinajstić information content (AvgIpc) is 2.94. The number of hydrogen-bond donors (Lipinski definition) is 3. The van der Waals surface area contributed by atoms with Gasteiger partial charge in [-0.25, -0.2) is 4.79 Å². The molecule has 1 aliphatic rings. The predicted octanol–water partition coefficient (Wildman–Crippen LogP) is 0.495. The van der Waals surface area contributed by atoms with Crippen LogP contribution in [0.4, 0.5) is 10.5 Å². The molecule has 0 bridgehead atoms. The molecule has 0 aliphatic carbocycles. The molecule has 106 valence electrons. The van der Waals surface area contributed by atoms with Crippen LogP contribution in [0.25, 0.3) is 11.0 Å². The van der Waals surface area contributed by atoms with Crippen molar-refractivity contribution in [2.75, 3.05) is 31.7 Å². The molecule has 2 aromatic rings. The molecule has 1 saturated heterocycles. The smallest absolute Gasteiger partial charge is 0.319 e. The molecule has 1 fully saturated rings. The summed E-state index contributed by atoms with van der Waals surface area (Å²) in [6.07, 6.45) is -0.0903. The van der Waals surface area contributed by atoms with Gasteiger partial charge in [0.1, 0.15) is 11.0 Å². The van der Waals surface area contributed by atoms with Gasteiger partial charge in [-0.2, -0.15) is 15.4 Å². The number of aromatic nitrogens is 3. The number of carbonyl (C=O) groups is 1. The molecular weight excluding hydrogens is 262 g/mol. The van der Waals surface area contributed by atoms with E-state index < -0.39 is 0 Å². The lowest BCUT2D eigenvalue weighted by Crippen LogP contribution is -2.41.